The first-order valence-electron chi connectivity index (χ1n) is 11.4. The first-order chi connectivity index (χ1) is 16.3. The van der Waals surface area contributed by atoms with Gasteiger partial charge in [-0.1, -0.05) is 13.8 Å². The van der Waals surface area contributed by atoms with E-state index in [9.17, 15) is 29.4 Å². The third kappa shape index (κ3) is 13.8. The van der Waals surface area contributed by atoms with Gasteiger partial charge in [0, 0.05) is 6.54 Å². The number of nitrogens with zero attached hydrogens (tertiary/aromatic N) is 1. The molecule has 0 rings (SSSR count). The number of thioether (sulfide) groups is 1. The van der Waals surface area contributed by atoms with Gasteiger partial charge in [0.2, 0.25) is 17.7 Å². The van der Waals surface area contributed by atoms with Gasteiger partial charge in [-0.2, -0.15) is 11.8 Å². The molecular formula is C21H41N7O6S. The molecule has 11 N–H and O–H groups in total. The lowest BCUT2D eigenvalue weighted by Crippen LogP contribution is -2.60. The first-order valence-corrected chi connectivity index (χ1v) is 12.8. The summed E-state index contributed by atoms with van der Waals surface area (Å²) in [7, 11) is 0. The minimum atomic E-state index is -1.45. The zero-order chi connectivity index (χ0) is 27.1. The van der Waals surface area contributed by atoms with Gasteiger partial charge >= 0.3 is 5.97 Å². The number of carboxylic acid groups (broad SMARTS) is 1. The summed E-state index contributed by atoms with van der Waals surface area (Å²) in [5, 5.41) is 26.8. The molecule has 0 saturated carbocycles. The molecule has 0 bridgehead atoms. The van der Waals surface area contributed by atoms with Crippen LogP contribution in [0.25, 0.3) is 0 Å². The van der Waals surface area contributed by atoms with Gasteiger partial charge < -0.3 is 43.4 Å². The van der Waals surface area contributed by atoms with Crippen LogP contribution in [0, 0.1) is 5.92 Å². The van der Waals surface area contributed by atoms with Crippen molar-refractivity contribution >= 4 is 41.4 Å². The van der Waals surface area contributed by atoms with Crippen molar-refractivity contribution < 1.29 is 29.4 Å². The predicted octanol–water partition coefficient (Wildman–Crippen LogP) is -1.91. The molecule has 0 aliphatic carbocycles. The van der Waals surface area contributed by atoms with Gasteiger partial charge in [0.15, 0.2) is 5.96 Å². The molecule has 0 saturated heterocycles. The molecule has 5 atom stereocenters. The second-order valence-corrected chi connectivity index (χ2v) is 9.64. The Kier molecular flexibility index (Phi) is 15.7. The minimum Gasteiger partial charge on any atom is -0.480 e. The van der Waals surface area contributed by atoms with Gasteiger partial charge in [-0.05, 0) is 50.5 Å². The van der Waals surface area contributed by atoms with Crippen molar-refractivity contribution in [1.82, 2.24) is 16.0 Å². The molecule has 0 heterocycles. The molecule has 0 aromatic carbocycles. The number of rotatable bonds is 17. The smallest absolute Gasteiger partial charge is 0.326 e. The molecular weight excluding hydrogens is 478 g/mol. The number of aliphatic hydroxyl groups is 1. The number of aliphatic imine (C=N–C) groups is 1. The standard InChI is InChI=1S/C21H41N7O6S/c1-11(2)10-15(20(33)34)27-19(32)16(12(3)29)28-18(31)14(6-5-8-25-21(23)24)26-17(30)13(22)7-9-35-4/h11-16,29H,5-10,22H2,1-4H3,(H,26,30)(H,27,32)(H,28,31)(H,33,34)(H4,23,24,25). The second-order valence-electron chi connectivity index (χ2n) is 8.65. The average molecular weight is 520 g/mol. The maximum Gasteiger partial charge on any atom is 0.326 e. The summed E-state index contributed by atoms with van der Waals surface area (Å²) in [6, 6.07) is -4.56. The first kappa shape index (κ1) is 32.4. The fraction of sp³-hybridized carbons (Fsp3) is 0.762. The molecule has 0 radical (unpaired) electrons. The van der Waals surface area contributed by atoms with Gasteiger partial charge in [0.1, 0.15) is 18.1 Å². The number of carbonyl (C=O) groups excluding carboxylic acids is 3. The van der Waals surface area contributed by atoms with Crippen LogP contribution in [0.15, 0.2) is 4.99 Å². The second kappa shape index (κ2) is 16.9. The lowest BCUT2D eigenvalue weighted by Gasteiger charge is -2.27. The number of carbonyl (C=O) groups is 4. The monoisotopic (exact) mass is 519 g/mol. The molecule has 13 nitrogen and oxygen atoms in total. The minimum absolute atomic E-state index is 0.0175. The van der Waals surface area contributed by atoms with E-state index in [0.717, 1.165) is 0 Å². The van der Waals surface area contributed by atoms with Crippen LogP contribution >= 0.6 is 11.8 Å². The van der Waals surface area contributed by atoms with E-state index in [0.29, 0.717) is 18.6 Å². The van der Waals surface area contributed by atoms with Crippen molar-refractivity contribution in [2.24, 2.45) is 28.1 Å². The van der Waals surface area contributed by atoms with Crippen LogP contribution in [-0.4, -0.2) is 88.7 Å². The number of guanidine groups is 1. The number of hydrogen-bond donors (Lipinski definition) is 8. The summed E-state index contributed by atoms with van der Waals surface area (Å²) < 4.78 is 0. The molecule has 0 aliphatic rings. The van der Waals surface area contributed by atoms with Crippen LogP contribution in [-0.2, 0) is 19.2 Å². The van der Waals surface area contributed by atoms with E-state index in [-0.39, 0.29) is 31.3 Å². The number of aliphatic carboxylic acids is 1. The van der Waals surface area contributed by atoms with E-state index in [1.54, 1.807) is 13.8 Å². The van der Waals surface area contributed by atoms with Crippen LogP contribution in [0.1, 0.15) is 46.5 Å². The summed E-state index contributed by atoms with van der Waals surface area (Å²) in [5.41, 5.74) is 16.5. The summed E-state index contributed by atoms with van der Waals surface area (Å²) in [5.74, 6) is -2.85. The van der Waals surface area contributed by atoms with Crippen LogP contribution in [0.5, 0.6) is 0 Å². The normalized spacial score (nSPS) is 15.3. The van der Waals surface area contributed by atoms with E-state index >= 15 is 0 Å². The Bertz CT molecular complexity index is 731. The highest BCUT2D eigenvalue weighted by Crippen LogP contribution is 2.07. The van der Waals surface area contributed by atoms with E-state index in [4.69, 9.17) is 17.2 Å². The summed E-state index contributed by atoms with van der Waals surface area (Å²) in [4.78, 5) is 53.5. The third-order valence-electron chi connectivity index (χ3n) is 4.93. The van der Waals surface area contributed by atoms with Gasteiger partial charge in [-0.15, -0.1) is 0 Å². The highest BCUT2D eigenvalue weighted by molar-refractivity contribution is 7.98. The van der Waals surface area contributed by atoms with Crippen molar-refractivity contribution in [3.8, 4) is 0 Å². The SMILES string of the molecule is CSCCC(N)C(=O)NC(CCCN=C(N)N)C(=O)NC(C(=O)NC(CC(C)C)C(=O)O)C(C)O. The Balaban J connectivity index is 5.49. The molecule has 0 spiro atoms. The predicted molar refractivity (Wildman–Crippen MR) is 135 cm³/mol. The van der Waals surface area contributed by atoms with Crippen LogP contribution in [0.4, 0.5) is 0 Å². The summed E-state index contributed by atoms with van der Waals surface area (Å²) >= 11 is 1.53. The maximum atomic E-state index is 13.0. The topological polar surface area (TPSA) is 235 Å². The lowest BCUT2D eigenvalue weighted by atomic mass is 10.0. The van der Waals surface area contributed by atoms with Gasteiger partial charge in [-0.3, -0.25) is 19.4 Å². The summed E-state index contributed by atoms with van der Waals surface area (Å²) in [6.45, 7) is 5.09. The third-order valence-corrected chi connectivity index (χ3v) is 5.58. The number of nitrogens with two attached hydrogens (primary N) is 3. The zero-order valence-corrected chi connectivity index (χ0v) is 21.6. The molecule has 35 heavy (non-hydrogen) atoms. The highest BCUT2D eigenvalue weighted by Gasteiger charge is 2.32. The average Bonchev–Trinajstić information content (AvgIpc) is 2.75. The van der Waals surface area contributed by atoms with Crippen molar-refractivity contribution in [2.75, 3.05) is 18.6 Å². The Labute approximate surface area is 210 Å². The van der Waals surface area contributed by atoms with Gasteiger partial charge in [0.05, 0.1) is 12.1 Å². The Morgan fingerprint density at radius 2 is 1.54 bits per heavy atom. The van der Waals surface area contributed by atoms with Crippen LogP contribution in [0.3, 0.4) is 0 Å². The number of carboxylic acids is 1. The van der Waals surface area contributed by atoms with E-state index < -0.39 is 54.0 Å². The molecule has 202 valence electrons. The van der Waals surface area contributed by atoms with E-state index in [1.807, 2.05) is 6.26 Å². The number of amides is 3. The molecule has 3 amide bonds. The number of nitrogens with one attached hydrogen (secondary N) is 3. The van der Waals surface area contributed by atoms with Crippen molar-refractivity contribution in [3.63, 3.8) is 0 Å². The largest absolute Gasteiger partial charge is 0.480 e. The molecule has 5 unspecified atom stereocenters. The Hall–Kier alpha value is -2.58. The number of aliphatic hydroxyl groups excluding tert-OH is 1. The van der Waals surface area contributed by atoms with Crippen LogP contribution in [0.2, 0.25) is 0 Å². The molecule has 0 aromatic rings. The quantitative estimate of drug-likeness (QED) is 0.0602. The van der Waals surface area contributed by atoms with Gasteiger partial charge in [-0.25, -0.2) is 4.79 Å². The zero-order valence-electron chi connectivity index (χ0n) is 20.8. The Morgan fingerprint density at radius 3 is 2.03 bits per heavy atom. The van der Waals surface area contributed by atoms with E-state index in [1.165, 1.54) is 18.7 Å². The van der Waals surface area contributed by atoms with Gasteiger partial charge in [0.25, 0.3) is 0 Å². The fourth-order valence-corrected chi connectivity index (χ4v) is 3.53. The molecule has 14 heteroatoms. The molecule has 0 aromatic heterocycles. The van der Waals surface area contributed by atoms with E-state index in [2.05, 4.69) is 20.9 Å². The maximum absolute atomic E-state index is 13.0. The van der Waals surface area contributed by atoms with Crippen LogP contribution < -0.4 is 33.2 Å². The lowest BCUT2D eigenvalue weighted by molar-refractivity contribution is -0.143. The van der Waals surface area contributed by atoms with Crippen molar-refractivity contribution in [1.29, 1.82) is 0 Å². The number of hydrogen-bond acceptors (Lipinski definition) is 8. The van der Waals surface area contributed by atoms with Crippen molar-refractivity contribution in [2.45, 2.75) is 76.7 Å². The highest BCUT2D eigenvalue weighted by atomic mass is 32.2. The molecule has 0 fully saturated rings. The molecule has 0 aliphatic heterocycles. The Morgan fingerprint density at radius 1 is 0.943 bits per heavy atom. The fourth-order valence-electron chi connectivity index (χ4n) is 3.04. The summed E-state index contributed by atoms with van der Waals surface area (Å²) in [6.07, 6.45) is 1.57. The van der Waals surface area contributed by atoms with Crippen molar-refractivity contribution in [3.05, 3.63) is 0 Å².